The largest absolute Gasteiger partial charge is 0.466 e. The van der Waals surface area contributed by atoms with Gasteiger partial charge in [-0.3, -0.25) is 4.79 Å². The number of hydrogen-bond donors (Lipinski definition) is 1. The number of amides is 1. The summed E-state index contributed by atoms with van der Waals surface area (Å²) in [4.78, 5) is 12.6. The number of carbonyl (C=O) groups excluding carboxylic acids is 1. The second kappa shape index (κ2) is 6.22. The molecular formula is C11H5Br3N2O2S. The Morgan fingerprint density at radius 1 is 1.42 bits per heavy atom. The van der Waals surface area contributed by atoms with Crippen molar-refractivity contribution in [2.75, 3.05) is 0 Å². The molecule has 0 aromatic carbocycles. The summed E-state index contributed by atoms with van der Waals surface area (Å²) in [7, 11) is 0. The molecule has 2 heterocycles. The first-order chi connectivity index (χ1) is 9.04. The smallest absolute Gasteiger partial charge is 0.263 e. The fourth-order valence-corrected chi connectivity index (χ4v) is 4.32. The van der Waals surface area contributed by atoms with Crippen molar-refractivity contribution in [2.45, 2.75) is 6.04 Å². The van der Waals surface area contributed by atoms with Gasteiger partial charge in [0, 0.05) is 0 Å². The Kier molecular flexibility index (Phi) is 4.84. The Hall–Kier alpha value is -0.620. The Morgan fingerprint density at radius 2 is 2.16 bits per heavy atom. The number of nitrogens with zero attached hydrogens (tertiary/aromatic N) is 1. The van der Waals surface area contributed by atoms with Gasteiger partial charge in [-0.25, -0.2) is 0 Å². The van der Waals surface area contributed by atoms with Crippen molar-refractivity contribution in [3.63, 3.8) is 0 Å². The lowest BCUT2D eigenvalue weighted by molar-refractivity contribution is 0.0945. The van der Waals surface area contributed by atoms with Gasteiger partial charge in [0.25, 0.3) is 5.91 Å². The van der Waals surface area contributed by atoms with Crippen LogP contribution in [-0.4, -0.2) is 5.91 Å². The number of nitriles is 1. The summed E-state index contributed by atoms with van der Waals surface area (Å²) in [5.41, 5.74) is 0. The molecule has 0 saturated carbocycles. The maximum absolute atomic E-state index is 12.1. The maximum atomic E-state index is 12.1. The SMILES string of the molecule is N#CC(NC(=O)c1sc(Br)c(Br)c1Br)c1ccco1. The van der Waals surface area contributed by atoms with E-state index in [0.29, 0.717) is 15.1 Å². The van der Waals surface area contributed by atoms with Crippen molar-refractivity contribution in [3.05, 3.63) is 41.8 Å². The lowest BCUT2D eigenvalue weighted by Gasteiger charge is -2.08. The predicted molar refractivity (Wildman–Crippen MR) is 81.9 cm³/mol. The molecule has 2 rings (SSSR count). The zero-order valence-electron chi connectivity index (χ0n) is 9.12. The number of halogens is 3. The van der Waals surface area contributed by atoms with Crippen LogP contribution < -0.4 is 5.32 Å². The second-order valence-electron chi connectivity index (χ2n) is 3.38. The third-order valence-electron chi connectivity index (χ3n) is 2.19. The molecule has 1 N–H and O–H groups in total. The van der Waals surface area contributed by atoms with Crippen LogP contribution in [0, 0.1) is 11.3 Å². The molecular weight excluding hydrogens is 464 g/mol. The third kappa shape index (κ3) is 3.11. The molecule has 0 saturated heterocycles. The molecule has 19 heavy (non-hydrogen) atoms. The normalized spacial score (nSPS) is 11.9. The lowest BCUT2D eigenvalue weighted by Crippen LogP contribution is -2.26. The first-order valence-electron chi connectivity index (χ1n) is 4.91. The van der Waals surface area contributed by atoms with Gasteiger partial charge in [-0.05, 0) is 59.9 Å². The van der Waals surface area contributed by atoms with Crippen molar-refractivity contribution < 1.29 is 9.21 Å². The van der Waals surface area contributed by atoms with Crippen LogP contribution in [0.25, 0.3) is 0 Å². The van der Waals surface area contributed by atoms with Crippen LogP contribution in [0.3, 0.4) is 0 Å². The first-order valence-corrected chi connectivity index (χ1v) is 8.11. The number of thiophene rings is 1. The summed E-state index contributed by atoms with van der Waals surface area (Å²) in [5, 5.41) is 11.7. The Morgan fingerprint density at radius 3 is 2.63 bits per heavy atom. The van der Waals surface area contributed by atoms with E-state index in [1.54, 1.807) is 12.1 Å². The molecule has 0 spiro atoms. The quantitative estimate of drug-likeness (QED) is 0.714. The van der Waals surface area contributed by atoms with Crippen LogP contribution in [0.2, 0.25) is 0 Å². The summed E-state index contributed by atoms with van der Waals surface area (Å²) in [6, 6.07) is 4.48. The first kappa shape index (κ1) is 14.8. The van der Waals surface area contributed by atoms with Crippen LogP contribution in [0.1, 0.15) is 21.5 Å². The molecule has 0 aliphatic rings. The van der Waals surface area contributed by atoms with Gasteiger partial charge in [0.1, 0.15) is 10.6 Å². The monoisotopic (exact) mass is 466 g/mol. The summed E-state index contributed by atoms with van der Waals surface area (Å²) in [6.07, 6.45) is 1.46. The van der Waals surface area contributed by atoms with Crippen LogP contribution >= 0.6 is 59.1 Å². The molecule has 2 aromatic rings. The summed E-state index contributed by atoms with van der Waals surface area (Å²) in [6.45, 7) is 0. The highest BCUT2D eigenvalue weighted by Gasteiger charge is 2.23. The Balaban J connectivity index is 2.21. The molecule has 1 atom stereocenters. The van der Waals surface area contributed by atoms with E-state index < -0.39 is 6.04 Å². The van der Waals surface area contributed by atoms with E-state index in [0.717, 1.165) is 8.26 Å². The molecule has 0 fully saturated rings. The Labute approximate surface area is 138 Å². The van der Waals surface area contributed by atoms with Gasteiger partial charge in [-0.1, -0.05) is 0 Å². The number of carbonyl (C=O) groups is 1. The molecule has 0 aliphatic carbocycles. The van der Waals surface area contributed by atoms with Crippen LogP contribution in [0.4, 0.5) is 0 Å². The lowest BCUT2D eigenvalue weighted by atomic mass is 10.2. The van der Waals surface area contributed by atoms with Crippen LogP contribution in [0.5, 0.6) is 0 Å². The van der Waals surface area contributed by atoms with Crippen LogP contribution in [0.15, 0.2) is 35.5 Å². The van der Waals surface area contributed by atoms with E-state index in [9.17, 15) is 4.79 Å². The standard InChI is InChI=1S/C11H5Br3N2O2S/c12-7-8(13)10(14)19-9(7)11(17)16-5(4-15)6-2-1-3-18-6/h1-3,5H,(H,16,17). The minimum absolute atomic E-state index is 0.341. The van der Waals surface area contributed by atoms with Gasteiger partial charge >= 0.3 is 0 Å². The molecule has 8 heteroatoms. The summed E-state index contributed by atoms with van der Waals surface area (Å²) in [5.74, 6) is 0.0629. The molecule has 0 bridgehead atoms. The molecule has 0 aliphatic heterocycles. The van der Waals surface area contributed by atoms with Crippen molar-refractivity contribution in [1.82, 2.24) is 5.32 Å². The highest BCUT2D eigenvalue weighted by molar-refractivity contribution is 9.14. The molecule has 2 aromatic heterocycles. The predicted octanol–water partition coefficient (Wildman–Crippen LogP) is 4.62. The van der Waals surface area contributed by atoms with Crippen LogP contribution in [-0.2, 0) is 0 Å². The van der Waals surface area contributed by atoms with Gasteiger partial charge in [0.05, 0.1) is 25.1 Å². The summed E-state index contributed by atoms with van der Waals surface area (Å²) < 4.78 is 7.34. The minimum Gasteiger partial charge on any atom is -0.466 e. The van der Waals surface area contributed by atoms with E-state index in [2.05, 4.69) is 53.1 Å². The zero-order valence-corrected chi connectivity index (χ0v) is 14.7. The van der Waals surface area contributed by atoms with Gasteiger partial charge < -0.3 is 9.73 Å². The topological polar surface area (TPSA) is 66.0 Å². The van der Waals surface area contributed by atoms with E-state index in [4.69, 9.17) is 9.68 Å². The fourth-order valence-electron chi connectivity index (χ4n) is 1.33. The molecule has 1 unspecified atom stereocenters. The third-order valence-corrected chi connectivity index (χ3v) is 7.23. The van der Waals surface area contributed by atoms with E-state index >= 15 is 0 Å². The van der Waals surface area contributed by atoms with Crippen molar-refractivity contribution in [3.8, 4) is 6.07 Å². The average Bonchev–Trinajstić information content (AvgIpc) is 3.00. The van der Waals surface area contributed by atoms with Gasteiger partial charge in [0.15, 0.2) is 6.04 Å². The highest BCUT2D eigenvalue weighted by Crippen LogP contribution is 2.41. The van der Waals surface area contributed by atoms with Crippen molar-refractivity contribution >= 4 is 65.0 Å². The molecule has 1 amide bonds. The highest BCUT2D eigenvalue weighted by atomic mass is 79.9. The average molecular weight is 469 g/mol. The number of rotatable bonds is 3. The molecule has 4 nitrogen and oxygen atoms in total. The van der Waals surface area contributed by atoms with Gasteiger partial charge in [-0.2, -0.15) is 5.26 Å². The van der Waals surface area contributed by atoms with Gasteiger partial charge in [-0.15, -0.1) is 11.3 Å². The van der Waals surface area contributed by atoms with E-state index in [-0.39, 0.29) is 5.91 Å². The Bertz CT molecular complexity index is 646. The molecule has 98 valence electrons. The van der Waals surface area contributed by atoms with Crippen molar-refractivity contribution in [2.24, 2.45) is 0 Å². The minimum atomic E-state index is -0.811. The van der Waals surface area contributed by atoms with Crippen molar-refractivity contribution in [1.29, 1.82) is 5.26 Å². The van der Waals surface area contributed by atoms with Gasteiger partial charge in [0.2, 0.25) is 0 Å². The number of furan rings is 1. The fraction of sp³-hybridized carbons (Fsp3) is 0.0909. The number of hydrogen-bond acceptors (Lipinski definition) is 4. The van der Waals surface area contributed by atoms with E-state index in [1.807, 2.05) is 6.07 Å². The zero-order chi connectivity index (χ0) is 14.0. The molecule has 0 radical (unpaired) electrons. The van der Waals surface area contributed by atoms with E-state index in [1.165, 1.54) is 17.6 Å². The number of nitrogens with one attached hydrogen (secondary N) is 1. The summed E-state index contributed by atoms with van der Waals surface area (Å²) >= 11 is 11.3. The maximum Gasteiger partial charge on any atom is 0.263 e. The second-order valence-corrected chi connectivity index (χ2v) is 7.31.